The number of aromatic nitrogens is 1. The predicted molar refractivity (Wildman–Crippen MR) is 111 cm³/mol. The van der Waals surface area contributed by atoms with E-state index in [9.17, 15) is 9.59 Å². The van der Waals surface area contributed by atoms with Crippen molar-refractivity contribution in [2.24, 2.45) is 0 Å². The van der Waals surface area contributed by atoms with Gasteiger partial charge in [-0.25, -0.2) is 4.98 Å². The Hall–Kier alpha value is -1.73. The van der Waals surface area contributed by atoms with Crippen molar-refractivity contribution >= 4 is 34.5 Å². The second kappa shape index (κ2) is 8.97. The van der Waals surface area contributed by atoms with E-state index < -0.39 is 5.54 Å². The van der Waals surface area contributed by atoms with Gasteiger partial charge in [-0.05, 0) is 37.6 Å². The summed E-state index contributed by atoms with van der Waals surface area (Å²) in [5, 5.41) is 8.99. The van der Waals surface area contributed by atoms with Crippen molar-refractivity contribution in [3.63, 3.8) is 0 Å². The third kappa shape index (κ3) is 4.58. The molecule has 0 aliphatic heterocycles. The molecule has 1 aliphatic carbocycles. The Balaban J connectivity index is 1.77. The number of thiophene rings is 1. The molecule has 27 heavy (non-hydrogen) atoms. The molecule has 2 aromatic rings. The second-order valence-corrected chi connectivity index (χ2v) is 9.06. The van der Waals surface area contributed by atoms with Crippen LogP contribution >= 0.6 is 22.7 Å². The number of nitrogens with zero attached hydrogens (tertiary/aromatic N) is 1. The minimum Gasteiger partial charge on any atom is -0.354 e. The Morgan fingerprint density at radius 1 is 1.26 bits per heavy atom. The molecule has 1 saturated carbocycles. The topological polar surface area (TPSA) is 71.1 Å². The summed E-state index contributed by atoms with van der Waals surface area (Å²) in [4.78, 5) is 32.2. The molecule has 0 spiro atoms. The molecule has 3 rings (SSSR count). The average Bonchev–Trinajstić information content (AvgIpc) is 3.32. The lowest BCUT2D eigenvalue weighted by Gasteiger charge is -2.36. The van der Waals surface area contributed by atoms with Crippen LogP contribution in [-0.4, -0.2) is 28.9 Å². The molecular formula is C20H27N3O2S2. The standard InChI is InChI=1S/C20H27N3O2S2/c1-3-4-12-21-19(25)20(10-6-5-7-11-20)23-17(24)16-14(2)22-18(27-16)15-9-8-13-26-15/h8-9,13H,3-7,10-12H2,1-2H3,(H,21,25)(H,23,24). The van der Waals surface area contributed by atoms with Crippen molar-refractivity contribution < 1.29 is 9.59 Å². The quantitative estimate of drug-likeness (QED) is 0.665. The van der Waals surface area contributed by atoms with Gasteiger partial charge < -0.3 is 10.6 Å². The smallest absolute Gasteiger partial charge is 0.264 e. The Morgan fingerprint density at radius 3 is 2.70 bits per heavy atom. The highest BCUT2D eigenvalue weighted by atomic mass is 32.1. The van der Waals surface area contributed by atoms with Crippen molar-refractivity contribution in [2.75, 3.05) is 6.54 Å². The van der Waals surface area contributed by atoms with Gasteiger partial charge in [-0.2, -0.15) is 0 Å². The van der Waals surface area contributed by atoms with Gasteiger partial charge in [-0.1, -0.05) is 38.7 Å². The number of carbonyl (C=O) groups is 2. The van der Waals surface area contributed by atoms with E-state index in [0.717, 1.165) is 47.7 Å². The Morgan fingerprint density at radius 2 is 2.04 bits per heavy atom. The summed E-state index contributed by atoms with van der Waals surface area (Å²) < 4.78 is 0. The Kier molecular flexibility index (Phi) is 6.65. The molecule has 2 aromatic heterocycles. The van der Waals surface area contributed by atoms with E-state index in [-0.39, 0.29) is 11.8 Å². The van der Waals surface area contributed by atoms with Crippen LogP contribution in [0.5, 0.6) is 0 Å². The fourth-order valence-corrected chi connectivity index (χ4v) is 5.26. The summed E-state index contributed by atoms with van der Waals surface area (Å²) in [6.07, 6.45) is 6.42. The van der Waals surface area contributed by atoms with Crippen LogP contribution in [0.1, 0.15) is 67.2 Å². The third-order valence-corrected chi connectivity index (χ3v) is 7.24. The molecule has 1 aliphatic rings. The monoisotopic (exact) mass is 405 g/mol. The highest BCUT2D eigenvalue weighted by Crippen LogP contribution is 2.33. The van der Waals surface area contributed by atoms with Gasteiger partial charge in [0.15, 0.2) is 0 Å². The Bertz CT molecular complexity index is 777. The van der Waals surface area contributed by atoms with E-state index in [2.05, 4.69) is 22.5 Å². The molecule has 0 atom stereocenters. The minimum atomic E-state index is -0.789. The molecule has 5 nitrogen and oxygen atoms in total. The van der Waals surface area contributed by atoms with Gasteiger partial charge >= 0.3 is 0 Å². The molecule has 2 amide bonds. The lowest BCUT2D eigenvalue weighted by atomic mass is 9.80. The maximum atomic E-state index is 13.0. The first-order chi connectivity index (χ1) is 13.1. The summed E-state index contributed by atoms with van der Waals surface area (Å²) >= 11 is 3.01. The van der Waals surface area contributed by atoms with E-state index in [1.165, 1.54) is 11.3 Å². The van der Waals surface area contributed by atoms with E-state index in [4.69, 9.17) is 0 Å². The van der Waals surface area contributed by atoms with Gasteiger partial charge in [-0.15, -0.1) is 22.7 Å². The molecule has 0 unspecified atom stereocenters. The average molecular weight is 406 g/mol. The zero-order chi connectivity index (χ0) is 19.3. The minimum absolute atomic E-state index is 0.0374. The maximum Gasteiger partial charge on any atom is 0.264 e. The fraction of sp³-hybridized carbons (Fsp3) is 0.550. The van der Waals surface area contributed by atoms with Crippen LogP contribution in [0.25, 0.3) is 9.88 Å². The van der Waals surface area contributed by atoms with Crippen LogP contribution < -0.4 is 10.6 Å². The highest BCUT2D eigenvalue weighted by molar-refractivity contribution is 7.22. The lowest BCUT2D eigenvalue weighted by Crippen LogP contribution is -2.59. The van der Waals surface area contributed by atoms with Gasteiger partial charge in [0.25, 0.3) is 5.91 Å². The third-order valence-electron chi connectivity index (χ3n) is 5.05. The SMILES string of the molecule is CCCCNC(=O)C1(NC(=O)c2sc(-c3cccs3)nc2C)CCCCC1. The number of rotatable bonds is 7. The summed E-state index contributed by atoms with van der Waals surface area (Å²) in [5.74, 6) is -0.218. The van der Waals surface area contributed by atoms with E-state index >= 15 is 0 Å². The van der Waals surface area contributed by atoms with Crippen molar-refractivity contribution in [3.8, 4) is 9.88 Å². The molecule has 1 fully saturated rings. The molecule has 2 N–H and O–H groups in total. The molecular weight excluding hydrogens is 378 g/mol. The summed E-state index contributed by atoms with van der Waals surface area (Å²) in [7, 11) is 0. The van der Waals surface area contributed by atoms with Crippen LogP contribution in [-0.2, 0) is 4.79 Å². The van der Waals surface area contributed by atoms with E-state index in [0.29, 0.717) is 24.3 Å². The van der Waals surface area contributed by atoms with Crippen LogP contribution in [0.3, 0.4) is 0 Å². The number of unbranched alkanes of at least 4 members (excludes halogenated alkanes) is 1. The summed E-state index contributed by atoms with van der Waals surface area (Å²) in [5.41, 5.74) is -0.0685. The van der Waals surface area contributed by atoms with Crippen LogP contribution in [0.15, 0.2) is 17.5 Å². The molecule has 0 saturated heterocycles. The van der Waals surface area contributed by atoms with Crippen LogP contribution in [0.4, 0.5) is 0 Å². The van der Waals surface area contributed by atoms with Crippen molar-refractivity contribution in [3.05, 3.63) is 28.1 Å². The van der Waals surface area contributed by atoms with Gasteiger partial charge in [0.1, 0.15) is 15.4 Å². The zero-order valence-corrected chi connectivity index (χ0v) is 17.6. The summed E-state index contributed by atoms with van der Waals surface area (Å²) in [6, 6.07) is 3.99. The lowest BCUT2D eigenvalue weighted by molar-refractivity contribution is -0.128. The van der Waals surface area contributed by atoms with Crippen molar-refractivity contribution in [1.82, 2.24) is 15.6 Å². The number of carbonyl (C=O) groups excluding carboxylic acids is 2. The van der Waals surface area contributed by atoms with Crippen LogP contribution in [0.2, 0.25) is 0 Å². The van der Waals surface area contributed by atoms with Crippen molar-refractivity contribution in [1.29, 1.82) is 0 Å². The molecule has 0 radical (unpaired) electrons. The molecule has 146 valence electrons. The zero-order valence-electron chi connectivity index (χ0n) is 16.0. The van der Waals surface area contributed by atoms with Crippen molar-refractivity contribution in [2.45, 2.75) is 64.3 Å². The number of hydrogen-bond acceptors (Lipinski definition) is 5. The normalized spacial score (nSPS) is 16.1. The van der Waals surface area contributed by atoms with Gasteiger partial charge in [-0.3, -0.25) is 9.59 Å². The second-order valence-electron chi connectivity index (χ2n) is 7.12. The molecule has 7 heteroatoms. The van der Waals surface area contributed by atoms with Gasteiger partial charge in [0, 0.05) is 6.54 Å². The Labute approximate surface area is 168 Å². The summed E-state index contributed by atoms with van der Waals surface area (Å²) in [6.45, 7) is 4.62. The number of aryl methyl sites for hydroxylation is 1. The molecule has 0 bridgehead atoms. The maximum absolute atomic E-state index is 13.0. The largest absolute Gasteiger partial charge is 0.354 e. The predicted octanol–water partition coefficient (Wildman–Crippen LogP) is 4.53. The first-order valence-corrected chi connectivity index (χ1v) is 11.4. The van der Waals surface area contributed by atoms with E-state index in [1.54, 1.807) is 11.3 Å². The number of hydrogen-bond donors (Lipinski definition) is 2. The highest BCUT2D eigenvalue weighted by Gasteiger charge is 2.41. The fourth-order valence-electron chi connectivity index (χ4n) is 3.50. The van der Waals surface area contributed by atoms with Gasteiger partial charge in [0.2, 0.25) is 5.91 Å². The number of thiazole rings is 1. The first kappa shape index (κ1) is 20.0. The van der Waals surface area contributed by atoms with E-state index in [1.807, 2.05) is 24.4 Å². The molecule has 0 aromatic carbocycles. The molecule has 2 heterocycles. The first-order valence-electron chi connectivity index (χ1n) is 9.68. The number of nitrogens with one attached hydrogen (secondary N) is 2. The van der Waals surface area contributed by atoms with Crippen LogP contribution in [0, 0.1) is 6.92 Å². The number of amides is 2. The van der Waals surface area contributed by atoms with Gasteiger partial charge in [0.05, 0.1) is 10.6 Å².